The van der Waals surface area contributed by atoms with Crippen LogP contribution in [0.2, 0.25) is 0 Å². The average molecular weight is 325 g/mol. The molecule has 0 fully saturated rings. The lowest BCUT2D eigenvalue weighted by atomic mass is 9.95. The van der Waals surface area contributed by atoms with Gasteiger partial charge in [0.05, 0.1) is 12.8 Å². The van der Waals surface area contributed by atoms with Crippen LogP contribution in [-0.4, -0.2) is 29.3 Å². The van der Waals surface area contributed by atoms with E-state index in [1.807, 2.05) is 36.4 Å². The summed E-state index contributed by atoms with van der Waals surface area (Å²) in [5, 5.41) is 6.97. The normalized spacial score (nSPS) is 19.3. The van der Waals surface area contributed by atoms with Gasteiger partial charge in [0.25, 0.3) is 5.91 Å². The number of nitrogens with one attached hydrogen (secondary N) is 1. The third kappa shape index (κ3) is 3.37. The van der Waals surface area contributed by atoms with Crippen LogP contribution >= 0.6 is 0 Å². The van der Waals surface area contributed by atoms with Crippen LogP contribution in [0.4, 0.5) is 0 Å². The van der Waals surface area contributed by atoms with Gasteiger partial charge in [-0.25, -0.2) is 0 Å². The number of aromatic nitrogens is 1. The van der Waals surface area contributed by atoms with E-state index in [1.54, 1.807) is 26.4 Å². The summed E-state index contributed by atoms with van der Waals surface area (Å²) < 4.78 is 5.14. The predicted octanol–water partition coefficient (Wildman–Crippen LogP) is 2.29. The average Bonchev–Trinajstić information content (AvgIpc) is 3.04. The lowest BCUT2D eigenvalue weighted by molar-refractivity contribution is -0.141. The number of oxime groups is 1. The molecule has 0 saturated carbocycles. The van der Waals surface area contributed by atoms with E-state index in [9.17, 15) is 4.79 Å². The minimum atomic E-state index is -1.00. The SMILES string of the molecule is COc1ccc(C2=NO[C@](C)(C(=O)NCc3cccnc3)C2)cc1. The van der Waals surface area contributed by atoms with Crippen LogP contribution in [0.3, 0.4) is 0 Å². The summed E-state index contributed by atoms with van der Waals surface area (Å²) in [5.74, 6) is 0.578. The van der Waals surface area contributed by atoms with Crippen LogP contribution in [0.25, 0.3) is 0 Å². The van der Waals surface area contributed by atoms with Gasteiger partial charge >= 0.3 is 0 Å². The van der Waals surface area contributed by atoms with Crippen molar-refractivity contribution in [2.75, 3.05) is 7.11 Å². The monoisotopic (exact) mass is 325 g/mol. The molecule has 1 amide bonds. The molecule has 0 aliphatic carbocycles. The van der Waals surface area contributed by atoms with E-state index < -0.39 is 5.60 Å². The Labute approximate surface area is 140 Å². The molecule has 0 radical (unpaired) electrons. The van der Waals surface area contributed by atoms with Crippen molar-refractivity contribution in [3.63, 3.8) is 0 Å². The van der Waals surface area contributed by atoms with Gasteiger partial charge in [-0.15, -0.1) is 0 Å². The molecular weight excluding hydrogens is 306 g/mol. The number of carbonyl (C=O) groups excluding carboxylic acids is 1. The molecule has 0 saturated heterocycles. The van der Waals surface area contributed by atoms with Gasteiger partial charge < -0.3 is 14.9 Å². The molecule has 2 heterocycles. The molecule has 3 rings (SSSR count). The third-order valence-corrected chi connectivity index (χ3v) is 3.94. The number of amides is 1. The van der Waals surface area contributed by atoms with E-state index in [-0.39, 0.29) is 5.91 Å². The van der Waals surface area contributed by atoms with Crippen LogP contribution in [0, 0.1) is 0 Å². The molecule has 0 unspecified atom stereocenters. The molecule has 124 valence electrons. The maximum atomic E-state index is 12.5. The Bertz CT molecular complexity index is 744. The molecular formula is C18H19N3O3. The van der Waals surface area contributed by atoms with Gasteiger partial charge in [0.2, 0.25) is 5.60 Å². The molecule has 6 heteroatoms. The number of hydrogen-bond acceptors (Lipinski definition) is 5. The van der Waals surface area contributed by atoms with E-state index in [0.29, 0.717) is 13.0 Å². The van der Waals surface area contributed by atoms with E-state index >= 15 is 0 Å². The molecule has 1 aromatic heterocycles. The summed E-state index contributed by atoms with van der Waals surface area (Å²) in [6.45, 7) is 2.15. The minimum absolute atomic E-state index is 0.196. The molecule has 1 aliphatic heterocycles. The Morgan fingerprint density at radius 3 is 2.79 bits per heavy atom. The van der Waals surface area contributed by atoms with Gasteiger partial charge in [0.15, 0.2) is 0 Å². The van der Waals surface area contributed by atoms with Crippen LogP contribution in [0.1, 0.15) is 24.5 Å². The molecule has 6 nitrogen and oxygen atoms in total. The fourth-order valence-electron chi connectivity index (χ4n) is 2.47. The fraction of sp³-hybridized carbons (Fsp3) is 0.278. The highest BCUT2D eigenvalue weighted by Crippen LogP contribution is 2.27. The quantitative estimate of drug-likeness (QED) is 0.915. The largest absolute Gasteiger partial charge is 0.497 e. The summed E-state index contributed by atoms with van der Waals surface area (Å²) in [6.07, 6.45) is 3.83. The van der Waals surface area contributed by atoms with Crippen molar-refractivity contribution >= 4 is 11.6 Å². The van der Waals surface area contributed by atoms with Crippen LogP contribution in [0.15, 0.2) is 53.9 Å². The summed E-state index contributed by atoms with van der Waals surface area (Å²) in [5.41, 5.74) is 1.59. The van der Waals surface area contributed by atoms with Crippen molar-refractivity contribution in [2.45, 2.75) is 25.5 Å². The standard InChI is InChI=1S/C18H19N3O3/c1-18(17(22)20-12-13-4-3-9-19-11-13)10-16(21-24-18)14-5-7-15(23-2)8-6-14/h3-9,11H,10,12H2,1-2H3,(H,20,22)/t18-/m0/s1. The number of nitrogens with zero attached hydrogens (tertiary/aromatic N) is 2. The Morgan fingerprint density at radius 2 is 2.12 bits per heavy atom. The molecule has 1 N–H and O–H groups in total. The summed E-state index contributed by atoms with van der Waals surface area (Å²) >= 11 is 0. The molecule has 2 aromatic rings. The first-order valence-electron chi connectivity index (χ1n) is 7.67. The van der Waals surface area contributed by atoms with Gasteiger partial charge in [0, 0.05) is 25.4 Å². The summed E-state index contributed by atoms with van der Waals surface area (Å²) in [7, 11) is 1.62. The lowest BCUT2D eigenvalue weighted by Crippen LogP contribution is -2.44. The fourth-order valence-corrected chi connectivity index (χ4v) is 2.47. The smallest absolute Gasteiger partial charge is 0.267 e. The summed E-state index contributed by atoms with van der Waals surface area (Å²) in [6, 6.07) is 11.3. The van der Waals surface area contributed by atoms with E-state index in [0.717, 1.165) is 22.6 Å². The molecule has 24 heavy (non-hydrogen) atoms. The van der Waals surface area contributed by atoms with Crippen molar-refractivity contribution in [1.82, 2.24) is 10.3 Å². The Hall–Kier alpha value is -2.89. The first-order chi connectivity index (χ1) is 11.6. The van der Waals surface area contributed by atoms with Gasteiger partial charge in [-0.3, -0.25) is 9.78 Å². The number of methoxy groups -OCH3 is 1. The zero-order chi connectivity index (χ0) is 17.0. The van der Waals surface area contributed by atoms with Gasteiger partial charge in [-0.1, -0.05) is 11.2 Å². The molecule has 0 bridgehead atoms. The Kier molecular flexibility index (Phi) is 4.46. The molecule has 0 spiro atoms. The van der Waals surface area contributed by atoms with Crippen molar-refractivity contribution in [1.29, 1.82) is 0 Å². The maximum Gasteiger partial charge on any atom is 0.267 e. The predicted molar refractivity (Wildman–Crippen MR) is 89.7 cm³/mol. The van der Waals surface area contributed by atoms with Crippen molar-refractivity contribution in [3.8, 4) is 5.75 Å². The van der Waals surface area contributed by atoms with Gasteiger partial charge in [-0.2, -0.15) is 0 Å². The zero-order valence-corrected chi connectivity index (χ0v) is 13.7. The number of rotatable bonds is 5. The van der Waals surface area contributed by atoms with E-state index in [2.05, 4.69) is 15.5 Å². The van der Waals surface area contributed by atoms with Crippen LogP contribution in [-0.2, 0) is 16.2 Å². The van der Waals surface area contributed by atoms with Crippen molar-refractivity contribution in [2.24, 2.45) is 5.16 Å². The third-order valence-electron chi connectivity index (χ3n) is 3.94. The number of benzene rings is 1. The second-order valence-electron chi connectivity index (χ2n) is 5.81. The van der Waals surface area contributed by atoms with E-state index in [4.69, 9.17) is 9.57 Å². The lowest BCUT2D eigenvalue weighted by Gasteiger charge is -2.20. The topological polar surface area (TPSA) is 72.8 Å². The van der Waals surface area contributed by atoms with Gasteiger partial charge in [-0.05, 0) is 48.4 Å². The second-order valence-corrected chi connectivity index (χ2v) is 5.81. The highest BCUT2D eigenvalue weighted by atomic mass is 16.7. The van der Waals surface area contributed by atoms with Crippen molar-refractivity contribution < 1.29 is 14.4 Å². The summed E-state index contributed by atoms with van der Waals surface area (Å²) in [4.78, 5) is 21.9. The van der Waals surface area contributed by atoms with Crippen LogP contribution < -0.4 is 10.1 Å². The number of hydrogen-bond donors (Lipinski definition) is 1. The molecule has 1 aromatic carbocycles. The van der Waals surface area contributed by atoms with Crippen LogP contribution in [0.5, 0.6) is 5.75 Å². The Morgan fingerprint density at radius 1 is 1.33 bits per heavy atom. The maximum absolute atomic E-state index is 12.5. The van der Waals surface area contributed by atoms with Gasteiger partial charge in [0.1, 0.15) is 5.75 Å². The van der Waals surface area contributed by atoms with Crippen molar-refractivity contribution in [3.05, 3.63) is 59.9 Å². The van der Waals surface area contributed by atoms with E-state index in [1.165, 1.54) is 0 Å². The number of pyridine rings is 1. The highest BCUT2D eigenvalue weighted by molar-refractivity contribution is 6.05. The first-order valence-corrected chi connectivity index (χ1v) is 7.67. The first kappa shape index (κ1) is 16.0. The number of ether oxygens (including phenoxy) is 1. The zero-order valence-electron chi connectivity index (χ0n) is 13.7. The Balaban J connectivity index is 1.62. The molecule has 1 atom stereocenters. The number of carbonyl (C=O) groups is 1. The minimum Gasteiger partial charge on any atom is -0.497 e. The second kappa shape index (κ2) is 6.70. The molecule has 1 aliphatic rings. The highest BCUT2D eigenvalue weighted by Gasteiger charge is 2.42.